The lowest BCUT2D eigenvalue weighted by molar-refractivity contribution is 0.0697. The molecule has 2 saturated heterocycles. The first-order valence-electron chi connectivity index (χ1n) is 16.1. The highest BCUT2D eigenvalue weighted by Crippen LogP contribution is 2.42. The maximum absolute atomic E-state index is 7.32. The molecule has 2 aliphatic rings. The fourth-order valence-electron chi connectivity index (χ4n) is 4.63. The van der Waals surface area contributed by atoms with Gasteiger partial charge in [0, 0.05) is 30.2 Å². The zero-order valence-corrected chi connectivity index (χ0v) is 40.3. The molecule has 0 aromatic rings. The number of fused-ring (bicyclic) bond motifs is 2. The standard InChI is InChI=1S/C22H62O11Si10/c1-16-35-22-23-39(17-2,27-37(10,11)12)29-43(21-6)32-41(19-4,26-35)30-40(18-3,25-34-24-36(7,8)9)31-42(20-5,33-43)28-38(13,14)15/h35H,16-22,34H2,1-15H3. The summed E-state index contributed by atoms with van der Waals surface area (Å²) in [6.45, 7) is 32.0. The van der Waals surface area contributed by atoms with Crippen molar-refractivity contribution in [3.8, 4) is 0 Å². The van der Waals surface area contributed by atoms with Gasteiger partial charge in [0.25, 0.3) is 10.0 Å². The van der Waals surface area contributed by atoms with Gasteiger partial charge in [-0.25, -0.2) is 0 Å². The molecule has 21 heteroatoms. The van der Waals surface area contributed by atoms with Gasteiger partial charge in [-0.05, 0) is 65.0 Å². The summed E-state index contributed by atoms with van der Waals surface area (Å²) in [4.78, 5) is 0. The van der Waals surface area contributed by atoms with E-state index < -0.39 is 88.0 Å². The molecular weight excluding hydrogens is 721 g/mol. The highest BCUT2D eigenvalue weighted by atomic mass is 28.6. The first-order chi connectivity index (χ1) is 19.6. The summed E-state index contributed by atoms with van der Waals surface area (Å²) in [6.07, 6.45) is 0.467. The highest BCUT2D eigenvalue weighted by Gasteiger charge is 2.69. The van der Waals surface area contributed by atoms with Crippen LogP contribution in [0, 0.1) is 0 Å². The monoisotopic (exact) mass is 782 g/mol. The average molecular weight is 784 g/mol. The van der Waals surface area contributed by atoms with E-state index in [0.717, 1.165) is 6.04 Å². The number of hydrogen-bond acceptors (Lipinski definition) is 11. The van der Waals surface area contributed by atoms with Crippen molar-refractivity contribution in [1.82, 2.24) is 0 Å². The van der Waals surface area contributed by atoms with Crippen LogP contribution in [0.15, 0.2) is 0 Å². The third kappa shape index (κ3) is 12.0. The van der Waals surface area contributed by atoms with Crippen LogP contribution in [0.5, 0.6) is 0 Å². The Morgan fingerprint density at radius 3 is 1.51 bits per heavy atom. The van der Waals surface area contributed by atoms with Gasteiger partial charge in [-0.3, -0.25) is 0 Å². The van der Waals surface area contributed by atoms with Gasteiger partial charge >= 0.3 is 44.0 Å². The van der Waals surface area contributed by atoms with Crippen LogP contribution >= 0.6 is 0 Å². The second-order valence-electron chi connectivity index (χ2n) is 14.1. The fraction of sp³-hybridized carbons (Fsp3) is 1.00. The summed E-state index contributed by atoms with van der Waals surface area (Å²) in [5.74, 6) is 0. The average Bonchev–Trinajstić information content (AvgIpc) is 2.92. The van der Waals surface area contributed by atoms with E-state index in [1.54, 1.807) is 0 Å². The van der Waals surface area contributed by atoms with E-state index in [2.05, 4.69) is 100 Å². The summed E-state index contributed by atoms with van der Waals surface area (Å²) in [7, 11) is -26.8. The summed E-state index contributed by atoms with van der Waals surface area (Å²) in [5, 5.41) is 0. The zero-order chi connectivity index (χ0) is 33.0. The topological polar surface area (TPSA) is 102 Å². The van der Waals surface area contributed by atoms with Crippen molar-refractivity contribution in [2.75, 3.05) is 6.23 Å². The molecule has 6 atom stereocenters. The Hall–Kier alpha value is 1.73. The summed E-state index contributed by atoms with van der Waals surface area (Å²) in [5.41, 5.74) is 0. The molecule has 0 N–H and O–H groups in total. The first kappa shape index (κ1) is 40.9. The van der Waals surface area contributed by atoms with Gasteiger partial charge in [0.05, 0.1) is 6.23 Å². The van der Waals surface area contributed by atoms with E-state index in [1.165, 1.54) is 0 Å². The van der Waals surface area contributed by atoms with Gasteiger partial charge < -0.3 is 45.6 Å². The number of rotatable bonds is 14. The zero-order valence-electron chi connectivity index (χ0n) is 29.7. The lowest BCUT2D eigenvalue weighted by Crippen LogP contribution is -2.75. The molecule has 43 heavy (non-hydrogen) atoms. The van der Waals surface area contributed by atoms with Crippen LogP contribution in [-0.2, 0) is 45.6 Å². The van der Waals surface area contributed by atoms with Crippen molar-refractivity contribution in [3.05, 3.63) is 0 Å². The lowest BCUT2D eigenvalue weighted by Gasteiger charge is -2.52. The Morgan fingerprint density at radius 1 is 0.581 bits per heavy atom. The molecule has 11 nitrogen and oxygen atoms in total. The van der Waals surface area contributed by atoms with E-state index in [9.17, 15) is 0 Å². The molecule has 2 aliphatic heterocycles. The first-order valence-corrected chi connectivity index (χ1v) is 39.2. The predicted molar refractivity (Wildman–Crippen MR) is 194 cm³/mol. The van der Waals surface area contributed by atoms with Crippen LogP contribution in [0.4, 0.5) is 0 Å². The van der Waals surface area contributed by atoms with Crippen LogP contribution in [0.1, 0.15) is 41.5 Å². The van der Waals surface area contributed by atoms with Crippen LogP contribution < -0.4 is 0 Å². The van der Waals surface area contributed by atoms with Crippen LogP contribution in [-0.4, -0.2) is 94.3 Å². The maximum Gasteiger partial charge on any atom is 0.482 e. The highest BCUT2D eigenvalue weighted by molar-refractivity contribution is 6.95. The van der Waals surface area contributed by atoms with E-state index in [4.69, 9.17) is 45.6 Å². The Morgan fingerprint density at radius 2 is 1.07 bits per heavy atom. The molecule has 0 amide bonds. The Kier molecular flexibility index (Phi) is 14.8. The second kappa shape index (κ2) is 15.5. The molecule has 0 aromatic carbocycles. The quantitative estimate of drug-likeness (QED) is 0.201. The third-order valence-corrected chi connectivity index (χ3v) is 42.2. The van der Waals surface area contributed by atoms with E-state index in [0.29, 0.717) is 36.5 Å². The summed E-state index contributed by atoms with van der Waals surface area (Å²) in [6, 6.07) is 3.56. The minimum atomic E-state index is -3.63. The SMILES string of the molecule is CC[SiH]1CO[Si](CC)(O[Si](C)(C)C)O[Si]2(CC)O[Si](CC)(O1)O[Si](CC)(O[SiH2]O[Si](C)(C)C)O[Si](CC)(O[Si](C)(C)C)O2. The van der Waals surface area contributed by atoms with Crippen molar-refractivity contribution in [2.24, 2.45) is 0 Å². The molecular formula is C22H62O11Si10. The maximum atomic E-state index is 7.32. The van der Waals surface area contributed by atoms with Crippen LogP contribution in [0.25, 0.3) is 0 Å². The Balaban J connectivity index is 2.85. The van der Waals surface area contributed by atoms with E-state index in [1.807, 2.05) is 0 Å². The minimum absolute atomic E-state index is 0.467. The smallest absolute Gasteiger partial charge is 0.441 e. The molecule has 0 saturated carbocycles. The Labute approximate surface area is 275 Å². The van der Waals surface area contributed by atoms with Crippen LogP contribution in [0.3, 0.4) is 0 Å². The Bertz CT molecular complexity index is 894. The molecule has 0 aromatic heterocycles. The van der Waals surface area contributed by atoms with Crippen molar-refractivity contribution in [2.45, 2.75) is 137 Å². The molecule has 0 radical (unpaired) electrons. The molecule has 0 aliphatic carbocycles. The molecule has 2 bridgehead atoms. The number of hydrogen-bond donors (Lipinski definition) is 0. The molecule has 256 valence electrons. The minimum Gasteiger partial charge on any atom is -0.441 e. The summed E-state index contributed by atoms with van der Waals surface area (Å²) < 4.78 is 77.1. The van der Waals surface area contributed by atoms with Gasteiger partial charge in [-0.2, -0.15) is 0 Å². The fourth-order valence-corrected chi connectivity index (χ4v) is 46.2. The third-order valence-electron chi connectivity index (χ3n) is 6.70. The van der Waals surface area contributed by atoms with Crippen LogP contribution in [0.2, 0.25) is 95.2 Å². The van der Waals surface area contributed by atoms with Crippen molar-refractivity contribution < 1.29 is 45.6 Å². The van der Waals surface area contributed by atoms with Gasteiger partial charge in [0.15, 0.2) is 34.0 Å². The predicted octanol–water partition coefficient (Wildman–Crippen LogP) is 5.78. The molecule has 2 heterocycles. The normalized spacial score (nSPS) is 37.0. The van der Waals surface area contributed by atoms with E-state index in [-0.39, 0.29) is 0 Å². The largest absolute Gasteiger partial charge is 0.482 e. The van der Waals surface area contributed by atoms with Gasteiger partial charge in [0.2, 0.25) is 0 Å². The van der Waals surface area contributed by atoms with E-state index >= 15 is 0 Å². The molecule has 2 fully saturated rings. The molecule has 6 unspecified atom stereocenters. The lowest BCUT2D eigenvalue weighted by atomic mass is 11.0. The van der Waals surface area contributed by atoms with Gasteiger partial charge in [0.1, 0.15) is 0 Å². The van der Waals surface area contributed by atoms with Crippen molar-refractivity contribution in [3.63, 3.8) is 0 Å². The van der Waals surface area contributed by atoms with Crippen molar-refractivity contribution in [1.29, 1.82) is 0 Å². The molecule has 2 rings (SSSR count). The summed E-state index contributed by atoms with van der Waals surface area (Å²) >= 11 is 0. The van der Waals surface area contributed by atoms with Gasteiger partial charge in [-0.1, -0.05) is 41.5 Å². The van der Waals surface area contributed by atoms with Gasteiger partial charge in [-0.15, -0.1) is 0 Å². The van der Waals surface area contributed by atoms with Crippen molar-refractivity contribution >= 4 is 88.0 Å². The second-order valence-corrected chi connectivity index (χ2v) is 49.0. The molecule has 0 spiro atoms.